The van der Waals surface area contributed by atoms with E-state index in [0.29, 0.717) is 13.1 Å². The molecule has 0 saturated heterocycles. The molecule has 0 saturated carbocycles. The highest BCUT2D eigenvalue weighted by Crippen LogP contribution is 2.33. The quantitative estimate of drug-likeness (QED) is 0.329. The molecule has 7 heteroatoms. The molecule has 2 heterocycles. The topological polar surface area (TPSA) is 79.7 Å². The Balaban J connectivity index is 1.82. The summed E-state index contributed by atoms with van der Waals surface area (Å²) < 4.78 is 1.96. The van der Waals surface area contributed by atoms with E-state index in [2.05, 4.69) is 110 Å². The normalized spacial score (nSPS) is 13.1. The van der Waals surface area contributed by atoms with E-state index in [1.54, 1.807) is 0 Å². The second-order valence-electron chi connectivity index (χ2n) is 10.8. The van der Waals surface area contributed by atoms with Gasteiger partial charge in [-0.1, -0.05) is 63.2 Å². The molecular formula is C29H38N6O. The number of H-pyrrole nitrogens is 1. The molecule has 1 N–H and O–H groups in total. The summed E-state index contributed by atoms with van der Waals surface area (Å²) in [6, 6.07) is 16.5. The Bertz CT molecular complexity index is 1390. The third kappa shape index (κ3) is 5.12. The van der Waals surface area contributed by atoms with Gasteiger partial charge in [-0.3, -0.25) is 9.69 Å². The smallest absolute Gasteiger partial charge is 0.252 e. The molecule has 0 aliphatic carbocycles. The second-order valence-corrected chi connectivity index (χ2v) is 10.8. The lowest BCUT2D eigenvalue weighted by atomic mass is 9.96. The molecule has 7 nitrogen and oxygen atoms in total. The summed E-state index contributed by atoms with van der Waals surface area (Å²) in [5.74, 6) is 1.05. The lowest BCUT2D eigenvalue weighted by molar-refractivity contribution is 0.118. The minimum Gasteiger partial charge on any atom is -0.321 e. The predicted octanol–water partition coefficient (Wildman–Crippen LogP) is 5.68. The van der Waals surface area contributed by atoms with Crippen LogP contribution in [-0.2, 0) is 18.6 Å². The number of hydrogen-bond acceptors (Lipinski definition) is 5. The van der Waals surface area contributed by atoms with Crippen LogP contribution in [0.25, 0.3) is 10.9 Å². The highest BCUT2D eigenvalue weighted by atomic mass is 16.1. The highest BCUT2D eigenvalue weighted by Gasteiger charge is 2.33. The first kappa shape index (κ1) is 25.8. The Morgan fingerprint density at radius 1 is 1.06 bits per heavy atom. The lowest BCUT2D eigenvalue weighted by Crippen LogP contribution is -2.38. The molecule has 36 heavy (non-hydrogen) atoms. The van der Waals surface area contributed by atoms with E-state index in [4.69, 9.17) is 0 Å². The summed E-state index contributed by atoms with van der Waals surface area (Å²) in [5, 5.41) is 14.0. The number of nitrogens with zero attached hydrogens (tertiary/aromatic N) is 5. The maximum atomic E-state index is 13.3. The van der Waals surface area contributed by atoms with E-state index in [1.165, 1.54) is 11.1 Å². The minimum atomic E-state index is -0.222. The van der Waals surface area contributed by atoms with Crippen molar-refractivity contribution in [3.63, 3.8) is 0 Å². The standard InChI is InChI=1S/C29H38N6O/c1-8-29(6,7)35-27(31-32-33-35)26(19(2)3)34(17-22-12-10-9-11-13-22)18-24-16-23-15-14-20(4)21(5)25(23)30-28(24)36/h9-16,19,26H,8,17-18H2,1-7H3,(H,30,36)/t26-/m0/s1. The van der Waals surface area contributed by atoms with E-state index < -0.39 is 0 Å². The Kier molecular flexibility index (Phi) is 7.41. The van der Waals surface area contributed by atoms with Gasteiger partial charge >= 0.3 is 0 Å². The number of pyridine rings is 1. The first-order valence-corrected chi connectivity index (χ1v) is 12.8. The minimum absolute atomic E-state index is 0.0507. The third-order valence-electron chi connectivity index (χ3n) is 7.45. The lowest BCUT2D eigenvalue weighted by Gasteiger charge is -2.35. The van der Waals surface area contributed by atoms with Crippen LogP contribution in [0, 0.1) is 19.8 Å². The van der Waals surface area contributed by atoms with Crippen LogP contribution in [0.2, 0.25) is 0 Å². The van der Waals surface area contributed by atoms with Gasteiger partial charge in [-0.25, -0.2) is 4.68 Å². The molecule has 190 valence electrons. The van der Waals surface area contributed by atoms with Crippen molar-refractivity contribution in [2.75, 3.05) is 0 Å². The van der Waals surface area contributed by atoms with Crippen LogP contribution in [0.4, 0.5) is 0 Å². The number of fused-ring (bicyclic) bond motifs is 1. The molecule has 0 aliphatic rings. The van der Waals surface area contributed by atoms with Crippen LogP contribution in [0.5, 0.6) is 0 Å². The van der Waals surface area contributed by atoms with Crippen LogP contribution >= 0.6 is 0 Å². The first-order chi connectivity index (χ1) is 17.1. The molecule has 1 atom stereocenters. The summed E-state index contributed by atoms with van der Waals surface area (Å²) in [4.78, 5) is 18.8. The van der Waals surface area contributed by atoms with E-state index >= 15 is 0 Å². The monoisotopic (exact) mass is 486 g/mol. The summed E-state index contributed by atoms with van der Waals surface area (Å²) in [6.07, 6.45) is 0.900. The van der Waals surface area contributed by atoms with Crippen molar-refractivity contribution in [1.82, 2.24) is 30.1 Å². The third-order valence-corrected chi connectivity index (χ3v) is 7.45. The van der Waals surface area contributed by atoms with Crippen molar-refractivity contribution in [3.05, 3.63) is 87.0 Å². The van der Waals surface area contributed by atoms with E-state index in [1.807, 2.05) is 16.8 Å². The maximum absolute atomic E-state index is 13.3. The molecule has 0 spiro atoms. The number of benzene rings is 2. The molecule has 0 bridgehead atoms. The average Bonchev–Trinajstić information content (AvgIpc) is 3.33. The van der Waals surface area contributed by atoms with Crippen molar-refractivity contribution >= 4 is 10.9 Å². The van der Waals surface area contributed by atoms with Gasteiger partial charge in [-0.15, -0.1) is 5.10 Å². The van der Waals surface area contributed by atoms with E-state index in [0.717, 1.165) is 34.3 Å². The van der Waals surface area contributed by atoms with Crippen molar-refractivity contribution in [3.8, 4) is 0 Å². The van der Waals surface area contributed by atoms with Crippen molar-refractivity contribution in [1.29, 1.82) is 0 Å². The fourth-order valence-corrected chi connectivity index (χ4v) is 4.82. The molecule has 2 aromatic heterocycles. The fourth-order valence-electron chi connectivity index (χ4n) is 4.82. The van der Waals surface area contributed by atoms with Gasteiger partial charge in [0.05, 0.1) is 17.1 Å². The van der Waals surface area contributed by atoms with Crippen molar-refractivity contribution in [2.45, 2.75) is 79.6 Å². The van der Waals surface area contributed by atoms with Gasteiger partial charge in [0, 0.05) is 18.7 Å². The number of nitrogens with one attached hydrogen (secondary N) is 1. The van der Waals surface area contributed by atoms with Crippen LogP contribution in [0.3, 0.4) is 0 Å². The SMILES string of the molecule is CCC(C)(C)n1nnnc1[C@H](C(C)C)N(Cc1ccccc1)Cc1cc2ccc(C)c(C)c2[nH]c1=O. The van der Waals surface area contributed by atoms with Crippen molar-refractivity contribution in [2.24, 2.45) is 5.92 Å². The van der Waals surface area contributed by atoms with Gasteiger partial charge in [0.25, 0.3) is 5.56 Å². The molecule has 0 unspecified atom stereocenters. The zero-order chi connectivity index (χ0) is 26.0. The van der Waals surface area contributed by atoms with E-state index in [-0.39, 0.29) is 23.1 Å². The number of tetrazole rings is 1. The Morgan fingerprint density at radius 3 is 2.44 bits per heavy atom. The van der Waals surface area contributed by atoms with Crippen LogP contribution in [0.1, 0.15) is 75.2 Å². The molecule has 0 radical (unpaired) electrons. The van der Waals surface area contributed by atoms with Crippen LogP contribution in [0.15, 0.2) is 53.3 Å². The Hall–Kier alpha value is -3.32. The molecule has 0 aliphatic heterocycles. The molecule has 0 amide bonds. The summed E-state index contributed by atoms with van der Waals surface area (Å²) >= 11 is 0. The van der Waals surface area contributed by atoms with Gasteiger partial charge < -0.3 is 4.98 Å². The highest BCUT2D eigenvalue weighted by molar-refractivity contribution is 5.83. The number of rotatable bonds is 9. The van der Waals surface area contributed by atoms with Crippen molar-refractivity contribution < 1.29 is 0 Å². The average molecular weight is 487 g/mol. The first-order valence-electron chi connectivity index (χ1n) is 12.8. The summed E-state index contributed by atoms with van der Waals surface area (Å²) in [6.45, 7) is 16.1. The molecule has 2 aromatic carbocycles. The summed E-state index contributed by atoms with van der Waals surface area (Å²) in [5.41, 5.74) is 4.83. The Morgan fingerprint density at radius 2 is 1.78 bits per heavy atom. The molecular weight excluding hydrogens is 448 g/mol. The number of hydrogen-bond donors (Lipinski definition) is 1. The molecule has 4 rings (SSSR count). The predicted molar refractivity (Wildman–Crippen MR) is 145 cm³/mol. The summed E-state index contributed by atoms with van der Waals surface area (Å²) in [7, 11) is 0. The van der Waals surface area contributed by atoms with Gasteiger partial charge in [-0.05, 0) is 78.6 Å². The number of aromatic nitrogens is 5. The van der Waals surface area contributed by atoms with Crippen LogP contribution in [-0.4, -0.2) is 30.1 Å². The van der Waals surface area contributed by atoms with Crippen LogP contribution < -0.4 is 5.56 Å². The Labute approximate surface area is 213 Å². The van der Waals surface area contributed by atoms with E-state index in [9.17, 15) is 4.79 Å². The van der Waals surface area contributed by atoms with Gasteiger partial charge in [0.1, 0.15) is 0 Å². The zero-order valence-corrected chi connectivity index (χ0v) is 22.5. The fraction of sp³-hybridized carbons (Fsp3) is 0.448. The number of aromatic amines is 1. The second kappa shape index (κ2) is 10.3. The molecule has 0 fully saturated rings. The van der Waals surface area contributed by atoms with Gasteiger partial charge in [0.15, 0.2) is 5.82 Å². The molecule has 4 aromatic rings. The largest absolute Gasteiger partial charge is 0.321 e. The zero-order valence-electron chi connectivity index (χ0n) is 22.5. The number of aryl methyl sites for hydroxylation is 2. The van der Waals surface area contributed by atoms with Gasteiger partial charge in [-0.2, -0.15) is 0 Å². The van der Waals surface area contributed by atoms with Gasteiger partial charge in [0.2, 0.25) is 0 Å². The maximum Gasteiger partial charge on any atom is 0.252 e.